The zero-order valence-corrected chi connectivity index (χ0v) is 10.2. The zero-order chi connectivity index (χ0) is 11.0. The first kappa shape index (κ1) is 11.6. The monoisotopic (exact) mass is 192 g/mol. The van der Waals surface area contributed by atoms with Crippen molar-refractivity contribution in [2.24, 2.45) is 10.8 Å². The topological polar surface area (TPSA) is 0 Å². The Bertz CT molecular complexity index is 257. The van der Waals surface area contributed by atoms with Gasteiger partial charge in [-0.25, -0.2) is 0 Å². The average molecular weight is 192 g/mol. The van der Waals surface area contributed by atoms with Crippen molar-refractivity contribution in [1.29, 1.82) is 0 Å². The largest absolute Gasteiger partial charge is 0.100 e. The van der Waals surface area contributed by atoms with E-state index in [2.05, 4.69) is 40.9 Å². The second kappa shape index (κ2) is 3.56. The van der Waals surface area contributed by atoms with E-state index in [0.717, 1.165) is 6.42 Å². The summed E-state index contributed by atoms with van der Waals surface area (Å²) in [5, 5.41) is 0. The summed E-state index contributed by atoms with van der Waals surface area (Å²) in [4.78, 5) is 0. The van der Waals surface area contributed by atoms with E-state index >= 15 is 0 Å². The number of hydrogen-bond donors (Lipinski definition) is 0. The molecule has 0 aromatic heterocycles. The molecule has 0 amide bonds. The molecule has 1 atom stereocenters. The van der Waals surface area contributed by atoms with E-state index in [9.17, 15) is 0 Å². The van der Waals surface area contributed by atoms with Crippen LogP contribution in [0.15, 0.2) is 24.3 Å². The molecule has 1 unspecified atom stereocenters. The maximum Gasteiger partial charge on any atom is -0.000555 e. The van der Waals surface area contributed by atoms with E-state index in [1.807, 2.05) is 0 Å². The van der Waals surface area contributed by atoms with Crippen molar-refractivity contribution in [3.05, 3.63) is 24.3 Å². The summed E-state index contributed by atoms with van der Waals surface area (Å²) in [5.41, 5.74) is 3.36. The van der Waals surface area contributed by atoms with Crippen LogP contribution in [0.4, 0.5) is 0 Å². The van der Waals surface area contributed by atoms with Gasteiger partial charge in [-0.3, -0.25) is 0 Å². The third-order valence-corrected chi connectivity index (χ3v) is 4.12. The average Bonchev–Trinajstić information content (AvgIpc) is 2.26. The lowest BCUT2D eigenvalue weighted by Crippen LogP contribution is -2.33. The standard InChI is InChI=1S/C14H24/c1-11(2)10-14(12(3)4)9-7-8-13(14,5)6/h1,3,7-10H2,2,4-6H3. The van der Waals surface area contributed by atoms with E-state index < -0.39 is 0 Å². The molecule has 1 aliphatic rings. The van der Waals surface area contributed by atoms with Crippen molar-refractivity contribution < 1.29 is 0 Å². The van der Waals surface area contributed by atoms with Crippen LogP contribution in [0, 0.1) is 10.8 Å². The number of rotatable bonds is 3. The van der Waals surface area contributed by atoms with Gasteiger partial charge in [0.05, 0.1) is 0 Å². The van der Waals surface area contributed by atoms with Gasteiger partial charge in [0.15, 0.2) is 0 Å². The van der Waals surface area contributed by atoms with Gasteiger partial charge < -0.3 is 0 Å². The van der Waals surface area contributed by atoms with Gasteiger partial charge in [-0.05, 0) is 43.9 Å². The fraction of sp³-hybridized carbons (Fsp3) is 0.714. The first-order valence-electron chi connectivity index (χ1n) is 5.62. The van der Waals surface area contributed by atoms with Gasteiger partial charge in [0.25, 0.3) is 0 Å². The minimum atomic E-state index is 0.318. The maximum atomic E-state index is 4.22. The molecule has 80 valence electrons. The van der Waals surface area contributed by atoms with Crippen LogP contribution >= 0.6 is 0 Å². The first-order chi connectivity index (χ1) is 6.32. The third-order valence-electron chi connectivity index (χ3n) is 4.12. The molecule has 0 radical (unpaired) electrons. The van der Waals surface area contributed by atoms with Crippen molar-refractivity contribution in [2.45, 2.75) is 53.4 Å². The SMILES string of the molecule is C=C(C)CC1(C(=C)C)CCCC1(C)C. The van der Waals surface area contributed by atoms with Gasteiger partial charge in [0.2, 0.25) is 0 Å². The lowest BCUT2D eigenvalue weighted by molar-refractivity contribution is 0.153. The molecule has 0 aliphatic heterocycles. The smallest absolute Gasteiger partial charge is 0.000555 e. The number of hydrogen-bond acceptors (Lipinski definition) is 0. The Morgan fingerprint density at radius 2 is 1.71 bits per heavy atom. The molecule has 0 aromatic carbocycles. The summed E-state index contributed by atoms with van der Waals surface area (Å²) >= 11 is 0. The second-order valence-electron chi connectivity index (χ2n) is 5.73. The van der Waals surface area contributed by atoms with Gasteiger partial charge in [-0.2, -0.15) is 0 Å². The fourth-order valence-corrected chi connectivity index (χ4v) is 3.19. The van der Waals surface area contributed by atoms with Crippen molar-refractivity contribution >= 4 is 0 Å². The molecule has 0 N–H and O–H groups in total. The molecule has 1 fully saturated rings. The van der Waals surface area contributed by atoms with Crippen LogP contribution in [0.25, 0.3) is 0 Å². The highest BCUT2D eigenvalue weighted by molar-refractivity contribution is 5.20. The van der Waals surface area contributed by atoms with Crippen molar-refractivity contribution in [1.82, 2.24) is 0 Å². The van der Waals surface area contributed by atoms with E-state index in [0.29, 0.717) is 10.8 Å². The molecule has 0 bridgehead atoms. The van der Waals surface area contributed by atoms with Crippen LogP contribution < -0.4 is 0 Å². The fourth-order valence-electron chi connectivity index (χ4n) is 3.19. The third kappa shape index (κ3) is 1.67. The van der Waals surface area contributed by atoms with Crippen molar-refractivity contribution in [2.75, 3.05) is 0 Å². The highest BCUT2D eigenvalue weighted by Gasteiger charge is 2.48. The van der Waals surface area contributed by atoms with Crippen LogP contribution in [0.2, 0.25) is 0 Å². The molecule has 0 nitrogen and oxygen atoms in total. The summed E-state index contributed by atoms with van der Waals surface area (Å²) in [6.45, 7) is 17.4. The highest BCUT2D eigenvalue weighted by atomic mass is 14.5. The predicted molar refractivity (Wildman–Crippen MR) is 64.3 cm³/mol. The Labute approximate surface area is 89.1 Å². The van der Waals surface area contributed by atoms with Gasteiger partial charge >= 0.3 is 0 Å². The Morgan fingerprint density at radius 3 is 2.00 bits per heavy atom. The summed E-state index contributed by atoms with van der Waals surface area (Å²) in [5.74, 6) is 0. The van der Waals surface area contributed by atoms with Crippen LogP contribution in [-0.4, -0.2) is 0 Å². The summed E-state index contributed by atoms with van der Waals surface area (Å²) in [7, 11) is 0. The Balaban J connectivity index is 3.04. The van der Waals surface area contributed by atoms with Crippen LogP contribution in [-0.2, 0) is 0 Å². The Hall–Kier alpha value is -0.520. The van der Waals surface area contributed by atoms with E-state index in [1.54, 1.807) is 0 Å². The zero-order valence-electron chi connectivity index (χ0n) is 10.2. The van der Waals surface area contributed by atoms with E-state index in [1.165, 1.54) is 30.4 Å². The van der Waals surface area contributed by atoms with Crippen molar-refractivity contribution in [3.63, 3.8) is 0 Å². The predicted octanol–water partition coefficient (Wildman–Crippen LogP) is 4.73. The quantitative estimate of drug-likeness (QED) is 0.567. The molecule has 0 saturated heterocycles. The molecule has 1 aliphatic carbocycles. The van der Waals surface area contributed by atoms with Gasteiger partial charge in [0, 0.05) is 0 Å². The van der Waals surface area contributed by atoms with Crippen molar-refractivity contribution in [3.8, 4) is 0 Å². The minimum Gasteiger partial charge on any atom is -0.100 e. The molecule has 0 aromatic rings. The van der Waals surface area contributed by atoms with Gasteiger partial charge in [0.1, 0.15) is 0 Å². The molecule has 1 rings (SSSR count). The molecular weight excluding hydrogens is 168 g/mol. The van der Waals surface area contributed by atoms with E-state index in [4.69, 9.17) is 0 Å². The lowest BCUT2D eigenvalue weighted by atomic mass is 9.61. The molecule has 1 saturated carbocycles. The summed E-state index contributed by atoms with van der Waals surface area (Å²) in [6.07, 6.45) is 5.08. The van der Waals surface area contributed by atoms with Gasteiger partial charge in [-0.15, -0.1) is 6.58 Å². The van der Waals surface area contributed by atoms with Gasteiger partial charge in [-0.1, -0.05) is 38.0 Å². The molecule has 0 heterocycles. The maximum absolute atomic E-state index is 4.22. The van der Waals surface area contributed by atoms with Crippen LogP contribution in [0.5, 0.6) is 0 Å². The Kier molecular flexibility index (Phi) is 2.94. The summed E-state index contributed by atoms with van der Waals surface area (Å²) in [6, 6.07) is 0. The lowest BCUT2D eigenvalue weighted by Gasteiger charge is -2.43. The summed E-state index contributed by atoms with van der Waals surface area (Å²) < 4.78 is 0. The second-order valence-corrected chi connectivity index (χ2v) is 5.73. The molecule has 14 heavy (non-hydrogen) atoms. The molecular formula is C14H24. The first-order valence-corrected chi connectivity index (χ1v) is 5.62. The number of allylic oxidation sites excluding steroid dienone is 2. The molecule has 0 spiro atoms. The van der Waals surface area contributed by atoms with Crippen LogP contribution in [0.1, 0.15) is 53.4 Å². The highest BCUT2D eigenvalue weighted by Crippen LogP contribution is 2.59. The Morgan fingerprint density at radius 1 is 1.14 bits per heavy atom. The normalized spacial score (nSPS) is 30.3. The van der Waals surface area contributed by atoms with Crippen LogP contribution in [0.3, 0.4) is 0 Å². The minimum absolute atomic E-state index is 0.318. The molecule has 0 heteroatoms. The van der Waals surface area contributed by atoms with E-state index in [-0.39, 0.29) is 0 Å².